The summed E-state index contributed by atoms with van der Waals surface area (Å²) in [7, 11) is 0. The Balaban J connectivity index is 4.27. The molecule has 0 aliphatic rings. The van der Waals surface area contributed by atoms with Gasteiger partial charge in [-0.3, -0.25) is 4.79 Å². The molecule has 82 valence electrons. The summed E-state index contributed by atoms with van der Waals surface area (Å²) in [6, 6.07) is 0. The van der Waals surface area contributed by atoms with Crippen molar-refractivity contribution in [3.8, 4) is 0 Å². The van der Waals surface area contributed by atoms with Crippen LogP contribution in [0, 0.1) is 11.8 Å². The van der Waals surface area contributed by atoms with Gasteiger partial charge in [0, 0.05) is 5.92 Å². The van der Waals surface area contributed by atoms with E-state index >= 15 is 0 Å². The van der Waals surface area contributed by atoms with Crippen LogP contribution in [0.2, 0.25) is 0 Å². The van der Waals surface area contributed by atoms with E-state index in [0.29, 0.717) is 5.92 Å². The predicted molar refractivity (Wildman–Crippen MR) is 61.0 cm³/mol. The fraction of sp³-hybridized carbons (Fsp3) is 0.750. The molecular weight excluding hydrogens is 174 g/mol. The molecule has 0 bridgehead atoms. The number of nitrogens with one attached hydrogen (secondary N) is 1. The van der Waals surface area contributed by atoms with Crippen molar-refractivity contribution >= 4 is 5.91 Å². The molecule has 1 N–H and O–H groups in total. The summed E-state index contributed by atoms with van der Waals surface area (Å²) in [5.41, 5.74) is -0.244. The van der Waals surface area contributed by atoms with Crippen molar-refractivity contribution in [3.05, 3.63) is 12.2 Å². The van der Waals surface area contributed by atoms with E-state index in [1.165, 1.54) is 0 Å². The number of hydrogen-bond donors (Lipinski definition) is 1. The van der Waals surface area contributed by atoms with Crippen LogP contribution in [0.5, 0.6) is 0 Å². The van der Waals surface area contributed by atoms with Gasteiger partial charge in [-0.25, -0.2) is 0 Å². The number of carbonyl (C=O) groups is 1. The lowest BCUT2D eigenvalue weighted by Gasteiger charge is -2.24. The minimum Gasteiger partial charge on any atom is -0.348 e. The van der Waals surface area contributed by atoms with Crippen molar-refractivity contribution in [3.63, 3.8) is 0 Å². The second-order valence-corrected chi connectivity index (χ2v) is 4.97. The van der Waals surface area contributed by atoms with Crippen LogP contribution in [0.15, 0.2) is 12.2 Å². The van der Waals surface area contributed by atoms with E-state index in [9.17, 15) is 4.79 Å². The highest BCUT2D eigenvalue weighted by Gasteiger charge is 2.18. The van der Waals surface area contributed by atoms with Crippen LogP contribution in [0.3, 0.4) is 0 Å². The van der Waals surface area contributed by atoms with Crippen molar-refractivity contribution in [1.29, 1.82) is 0 Å². The first-order valence-corrected chi connectivity index (χ1v) is 5.26. The maximum atomic E-state index is 11.5. The predicted octanol–water partition coefficient (Wildman–Crippen LogP) is 2.75. The molecule has 0 saturated carbocycles. The van der Waals surface area contributed by atoms with Crippen LogP contribution in [0.4, 0.5) is 0 Å². The molecule has 0 rings (SSSR count). The van der Waals surface area contributed by atoms with Gasteiger partial charge in [0.1, 0.15) is 0 Å². The third kappa shape index (κ3) is 5.79. The van der Waals surface area contributed by atoms with Gasteiger partial charge >= 0.3 is 0 Å². The van der Waals surface area contributed by atoms with Gasteiger partial charge in [0.2, 0.25) is 5.91 Å². The second kappa shape index (κ2) is 5.18. The third-order valence-electron chi connectivity index (χ3n) is 1.87. The van der Waals surface area contributed by atoms with Gasteiger partial charge in [0.25, 0.3) is 0 Å². The minimum atomic E-state index is -0.244. The topological polar surface area (TPSA) is 29.1 Å². The van der Waals surface area contributed by atoms with Gasteiger partial charge in [-0.1, -0.05) is 39.8 Å². The Labute approximate surface area is 87.8 Å². The molecule has 0 aromatic rings. The number of rotatable bonds is 4. The van der Waals surface area contributed by atoms with Crippen LogP contribution in [0.1, 0.15) is 41.5 Å². The molecule has 0 saturated heterocycles. The van der Waals surface area contributed by atoms with Gasteiger partial charge in [0.05, 0.1) is 5.54 Å². The molecule has 0 atom stereocenters. The fourth-order valence-electron chi connectivity index (χ4n) is 0.937. The Morgan fingerprint density at radius 1 is 1.21 bits per heavy atom. The molecule has 0 aliphatic carbocycles. The zero-order valence-electron chi connectivity index (χ0n) is 10.2. The smallest absolute Gasteiger partial charge is 0.223 e. The lowest BCUT2D eigenvalue weighted by Crippen LogP contribution is -2.43. The third-order valence-corrected chi connectivity index (χ3v) is 1.87. The zero-order chi connectivity index (χ0) is 11.4. The van der Waals surface area contributed by atoms with Crippen molar-refractivity contribution in [2.45, 2.75) is 47.1 Å². The number of carbonyl (C=O) groups excluding carboxylic acids is 1. The lowest BCUT2D eigenvalue weighted by atomic mass is 10.0. The van der Waals surface area contributed by atoms with E-state index in [0.717, 1.165) is 0 Å². The largest absolute Gasteiger partial charge is 0.348 e. The Morgan fingerprint density at radius 3 is 2.07 bits per heavy atom. The second-order valence-electron chi connectivity index (χ2n) is 4.97. The summed E-state index contributed by atoms with van der Waals surface area (Å²) in [5.74, 6) is 0.662. The van der Waals surface area contributed by atoms with E-state index in [2.05, 4.69) is 31.3 Å². The molecule has 14 heavy (non-hydrogen) atoms. The summed E-state index contributed by atoms with van der Waals surface area (Å²) in [6.07, 6.45) is 4.17. The van der Waals surface area contributed by atoms with Crippen LogP contribution in [-0.4, -0.2) is 11.4 Å². The molecule has 0 aromatic carbocycles. The molecule has 0 fully saturated rings. The molecule has 0 radical (unpaired) electrons. The van der Waals surface area contributed by atoms with E-state index < -0.39 is 0 Å². The monoisotopic (exact) mass is 197 g/mol. The number of allylic oxidation sites excluding steroid dienone is 1. The standard InChI is InChI=1S/C12H23NO/c1-9(2)7-8-12(5,6)13-11(14)10(3)4/h7-10H,1-6H3,(H,13,14)/b8-7+. The molecule has 0 aliphatic heterocycles. The van der Waals surface area contributed by atoms with Gasteiger partial charge in [-0.2, -0.15) is 0 Å². The Morgan fingerprint density at radius 2 is 1.71 bits per heavy atom. The normalized spacial score (nSPS) is 12.9. The van der Waals surface area contributed by atoms with Crippen molar-refractivity contribution < 1.29 is 4.79 Å². The zero-order valence-corrected chi connectivity index (χ0v) is 10.2. The minimum absolute atomic E-state index is 0.0433. The molecule has 0 heterocycles. The van der Waals surface area contributed by atoms with Gasteiger partial charge in [-0.05, 0) is 19.8 Å². The highest BCUT2D eigenvalue weighted by atomic mass is 16.1. The first-order valence-electron chi connectivity index (χ1n) is 5.26. The molecule has 2 nitrogen and oxygen atoms in total. The van der Waals surface area contributed by atoms with Crippen LogP contribution < -0.4 is 5.32 Å². The summed E-state index contributed by atoms with van der Waals surface area (Å²) in [6.45, 7) is 12.1. The van der Waals surface area contributed by atoms with Crippen molar-refractivity contribution in [1.82, 2.24) is 5.32 Å². The van der Waals surface area contributed by atoms with E-state index in [1.54, 1.807) is 0 Å². The molecule has 0 spiro atoms. The first kappa shape index (κ1) is 13.2. The average molecular weight is 197 g/mol. The van der Waals surface area contributed by atoms with Gasteiger partial charge in [-0.15, -0.1) is 0 Å². The van der Waals surface area contributed by atoms with Crippen LogP contribution in [-0.2, 0) is 4.79 Å². The summed E-state index contributed by atoms with van der Waals surface area (Å²) in [5, 5.41) is 2.99. The van der Waals surface area contributed by atoms with Gasteiger partial charge in [0.15, 0.2) is 0 Å². The quantitative estimate of drug-likeness (QED) is 0.690. The van der Waals surface area contributed by atoms with E-state index in [-0.39, 0.29) is 17.4 Å². The summed E-state index contributed by atoms with van der Waals surface area (Å²) >= 11 is 0. The molecule has 0 aromatic heterocycles. The van der Waals surface area contributed by atoms with E-state index in [4.69, 9.17) is 0 Å². The van der Waals surface area contributed by atoms with E-state index in [1.807, 2.05) is 27.7 Å². The van der Waals surface area contributed by atoms with Crippen LogP contribution >= 0.6 is 0 Å². The number of amides is 1. The summed E-state index contributed by atoms with van der Waals surface area (Å²) < 4.78 is 0. The maximum absolute atomic E-state index is 11.5. The lowest BCUT2D eigenvalue weighted by molar-refractivity contribution is -0.125. The molecule has 0 unspecified atom stereocenters. The molecule has 2 heteroatoms. The molecular formula is C12H23NO. The first-order chi connectivity index (χ1) is 6.24. The van der Waals surface area contributed by atoms with Gasteiger partial charge < -0.3 is 5.32 Å². The maximum Gasteiger partial charge on any atom is 0.223 e. The Bertz CT molecular complexity index is 214. The molecule has 1 amide bonds. The number of hydrogen-bond acceptors (Lipinski definition) is 1. The Hall–Kier alpha value is -0.790. The summed E-state index contributed by atoms with van der Waals surface area (Å²) in [4.78, 5) is 11.5. The SMILES string of the molecule is CC(C)/C=C/C(C)(C)NC(=O)C(C)C. The van der Waals surface area contributed by atoms with Crippen molar-refractivity contribution in [2.24, 2.45) is 11.8 Å². The van der Waals surface area contributed by atoms with Crippen LogP contribution in [0.25, 0.3) is 0 Å². The van der Waals surface area contributed by atoms with Crippen molar-refractivity contribution in [2.75, 3.05) is 0 Å². The average Bonchev–Trinajstić information content (AvgIpc) is 2.00. The highest BCUT2D eigenvalue weighted by molar-refractivity contribution is 5.78. The Kier molecular flexibility index (Phi) is 4.89. The fourth-order valence-corrected chi connectivity index (χ4v) is 0.937. The highest BCUT2D eigenvalue weighted by Crippen LogP contribution is 2.08.